The standard InChI is InChI=1S/C8H10O2/c9-7-2-1-3-8-6(7)4-5-10-8/h4-5,7,9H,1-3H2/t7-/m1/s1. The predicted octanol–water partition coefficient (Wildman–Crippen LogP) is 1.65. The highest BCUT2D eigenvalue weighted by Crippen LogP contribution is 2.29. The monoisotopic (exact) mass is 138 g/mol. The Morgan fingerprint density at radius 1 is 1.60 bits per heavy atom. The summed E-state index contributed by atoms with van der Waals surface area (Å²) in [6.45, 7) is 0. The molecule has 1 atom stereocenters. The van der Waals surface area contributed by atoms with Gasteiger partial charge in [0.2, 0.25) is 0 Å². The first-order valence-corrected chi connectivity index (χ1v) is 3.62. The number of furan rings is 1. The van der Waals surface area contributed by atoms with E-state index in [0.29, 0.717) is 0 Å². The van der Waals surface area contributed by atoms with Crippen LogP contribution in [0.3, 0.4) is 0 Å². The molecule has 0 bridgehead atoms. The second-order valence-electron chi connectivity index (χ2n) is 2.71. The van der Waals surface area contributed by atoms with Gasteiger partial charge in [-0.05, 0) is 18.9 Å². The Bertz CT molecular complexity index is 227. The van der Waals surface area contributed by atoms with Gasteiger partial charge in [-0.15, -0.1) is 0 Å². The van der Waals surface area contributed by atoms with E-state index in [1.807, 2.05) is 6.07 Å². The van der Waals surface area contributed by atoms with Crippen molar-refractivity contribution < 1.29 is 9.52 Å². The minimum atomic E-state index is -0.275. The van der Waals surface area contributed by atoms with Gasteiger partial charge in [-0.25, -0.2) is 0 Å². The zero-order chi connectivity index (χ0) is 6.97. The van der Waals surface area contributed by atoms with Crippen LogP contribution in [0.15, 0.2) is 16.7 Å². The first kappa shape index (κ1) is 5.98. The van der Waals surface area contributed by atoms with Crippen LogP contribution in [-0.2, 0) is 6.42 Å². The third kappa shape index (κ3) is 0.762. The Morgan fingerprint density at radius 3 is 3.30 bits per heavy atom. The Kier molecular flexibility index (Phi) is 1.27. The van der Waals surface area contributed by atoms with Gasteiger partial charge in [0.25, 0.3) is 0 Å². The molecule has 0 unspecified atom stereocenters. The molecule has 0 spiro atoms. The van der Waals surface area contributed by atoms with Crippen molar-refractivity contribution in [3.8, 4) is 0 Å². The van der Waals surface area contributed by atoms with Gasteiger partial charge in [-0.3, -0.25) is 0 Å². The molecule has 54 valence electrons. The van der Waals surface area contributed by atoms with E-state index in [-0.39, 0.29) is 6.10 Å². The average molecular weight is 138 g/mol. The molecule has 1 aliphatic rings. The minimum absolute atomic E-state index is 0.275. The third-order valence-corrected chi connectivity index (χ3v) is 2.02. The van der Waals surface area contributed by atoms with Crippen molar-refractivity contribution in [2.45, 2.75) is 25.4 Å². The lowest BCUT2D eigenvalue weighted by Gasteiger charge is -2.15. The van der Waals surface area contributed by atoms with Crippen molar-refractivity contribution in [1.82, 2.24) is 0 Å². The summed E-state index contributed by atoms with van der Waals surface area (Å²) in [5.41, 5.74) is 0.992. The van der Waals surface area contributed by atoms with Crippen LogP contribution in [0.25, 0.3) is 0 Å². The van der Waals surface area contributed by atoms with Crippen LogP contribution < -0.4 is 0 Å². The first-order chi connectivity index (χ1) is 4.88. The number of hydrogen-bond acceptors (Lipinski definition) is 2. The number of aliphatic hydroxyl groups excluding tert-OH is 1. The van der Waals surface area contributed by atoms with E-state index in [1.165, 1.54) is 0 Å². The number of aryl methyl sites for hydroxylation is 1. The van der Waals surface area contributed by atoms with Gasteiger partial charge in [0.05, 0.1) is 12.4 Å². The number of hydrogen-bond donors (Lipinski definition) is 1. The van der Waals surface area contributed by atoms with E-state index in [1.54, 1.807) is 6.26 Å². The van der Waals surface area contributed by atoms with Gasteiger partial charge in [0.1, 0.15) is 5.76 Å². The van der Waals surface area contributed by atoms with E-state index in [4.69, 9.17) is 4.42 Å². The van der Waals surface area contributed by atoms with Crippen LogP contribution in [0, 0.1) is 0 Å². The molecular weight excluding hydrogens is 128 g/mol. The summed E-state index contributed by atoms with van der Waals surface area (Å²) in [5.74, 6) is 0.971. The fourth-order valence-corrected chi connectivity index (χ4v) is 1.46. The van der Waals surface area contributed by atoms with Crippen LogP contribution >= 0.6 is 0 Å². The van der Waals surface area contributed by atoms with Gasteiger partial charge >= 0.3 is 0 Å². The van der Waals surface area contributed by atoms with E-state index in [2.05, 4.69) is 0 Å². The number of rotatable bonds is 0. The van der Waals surface area contributed by atoms with Gasteiger partial charge in [0, 0.05) is 12.0 Å². The lowest BCUT2D eigenvalue weighted by atomic mass is 9.96. The number of aliphatic hydroxyl groups is 1. The fourth-order valence-electron chi connectivity index (χ4n) is 1.46. The Labute approximate surface area is 59.5 Å². The lowest BCUT2D eigenvalue weighted by Crippen LogP contribution is -2.05. The van der Waals surface area contributed by atoms with Crippen molar-refractivity contribution in [3.63, 3.8) is 0 Å². The quantitative estimate of drug-likeness (QED) is 0.591. The molecule has 1 N–H and O–H groups in total. The van der Waals surface area contributed by atoms with Crippen molar-refractivity contribution >= 4 is 0 Å². The highest BCUT2D eigenvalue weighted by atomic mass is 16.3. The summed E-state index contributed by atoms with van der Waals surface area (Å²) in [6.07, 6.45) is 4.29. The zero-order valence-electron chi connectivity index (χ0n) is 5.71. The van der Waals surface area contributed by atoms with Crippen molar-refractivity contribution in [2.75, 3.05) is 0 Å². The molecule has 1 heterocycles. The van der Waals surface area contributed by atoms with Gasteiger partial charge in [0.15, 0.2) is 0 Å². The van der Waals surface area contributed by atoms with Crippen molar-refractivity contribution in [1.29, 1.82) is 0 Å². The number of fused-ring (bicyclic) bond motifs is 1. The summed E-state index contributed by atoms with van der Waals surface area (Å²) < 4.78 is 5.17. The van der Waals surface area contributed by atoms with E-state index < -0.39 is 0 Å². The maximum Gasteiger partial charge on any atom is 0.109 e. The molecule has 0 fully saturated rings. The molecule has 0 aromatic carbocycles. The maximum atomic E-state index is 9.39. The molecule has 1 aromatic rings. The molecule has 1 aliphatic carbocycles. The summed E-state index contributed by atoms with van der Waals surface area (Å²) in [4.78, 5) is 0. The molecule has 1 aromatic heterocycles. The van der Waals surface area contributed by atoms with E-state index >= 15 is 0 Å². The van der Waals surface area contributed by atoms with Gasteiger partial charge in [-0.1, -0.05) is 0 Å². The topological polar surface area (TPSA) is 33.4 Å². The van der Waals surface area contributed by atoms with Crippen molar-refractivity contribution in [2.24, 2.45) is 0 Å². The second-order valence-corrected chi connectivity index (χ2v) is 2.71. The predicted molar refractivity (Wildman–Crippen MR) is 36.6 cm³/mol. The summed E-state index contributed by atoms with van der Waals surface area (Å²) in [7, 11) is 0. The average Bonchev–Trinajstić information content (AvgIpc) is 2.36. The smallest absolute Gasteiger partial charge is 0.109 e. The molecule has 0 saturated heterocycles. The largest absolute Gasteiger partial charge is 0.469 e. The third-order valence-electron chi connectivity index (χ3n) is 2.02. The van der Waals surface area contributed by atoms with E-state index in [0.717, 1.165) is 30.6 Å². The molecule has 2 heteroatoms. The normalized spacial score (nSPS) is 24.3. The molecule has 2 nitrogen and oxygen atoms in total. The van der Waals surface area contributed by atoms with Crippen LogP contribution in [0.2, 0.25) is 0 Å². The molecule has 0 saturated carbocycles. The summed E-state index contributed by atoms with van der Waals surface area (Å²) in [5, 5.41) is 9.39. The van der Waals surface area contributed by atoms with Gasteiger partial charge < -0.3 is 9.52 Å². The molecule has 0 aliphatic heterocycles. The molecule has 10 heavy (non-hydrogen) atoms. The summed E-state index contributed by atoms with van der Waals surface area (Å²) in [6, 6.07) is 1.86. The van der Waals surface area contributed by atoms with E-state index in [9.17, 15) is 5.11 Å². The second kappa shape index (κ2) is 2.13. The Morgan fingerprint density at radius 2 is 2.50 bits per heavy atom. The SMILES string of the molecule is O[C@@H]1CCCc2occc21. The minimum Gasteiger partial charge on any atom is -0.469 e. The molecule has 2 rings (SSSR count). The Balaban J connectivity index is 2.41. The first-order valence-electron chi connectivity index (χ1n) is 3.62. The lowest BCUT2D eigenvalue weighted by molar-refractivity contribution is 0.152. The fraction of sp³-hybridized carbons (Fsp3) is 0.500. The highest BCUT2D eigenvalue weighted by molar-refractivity contribution is 5.22. The molecular formula is C8H10O2. The van der Waals surface area contributed by atoms with Crippen molar-refractivity contribution in [3.05, 3.63) is 23.7 Å². The highest BCUT2D eigenvalue weighted by Gasteiger charge is 2.19. The zero-order valence-corrected chi connectivity index (χ0v) is 5.71. The van der Waals surface area contributed by atoms with Crippen LogP contribution in [-0.4, -0.2) is 5.11 Å². The Hall–Kier alpha value is -0.760. The van der Waals surface area contributed by atoms with Gasteiger partial charge in [-0.2, -0.15) is 0 Å². The maximum absolute atomic E-state index is 9.39. The van der Waals surface area contributed by atoms with Crippen LogP contribution in [0.5, 0.6) is 0 Å². The molecule has 0 amide bonds. The summed E-state index contributed by atoms with van der Waals surface area (Å²) >= 11 is 0. The van der Waals surface area contributed by atoms with Crippen LogP contribution in [0.4, 0.5) is 0 Å². The van der Waals surface area contributed by atoms with Crippen LogP contribution in [0.1, 0.15) is 30.3 Å². The molecule has 0 radical (unpaired) electrons.